The van der Waals surface area contributed by atoms with Gasteiger partial charge in [0.05, 0.1) is 0 Å². The molecule has 3 heteroatoms. The van der Waals surface area contributed by atoms with Gasteiger partial charge in [-0.1, -0.05) is 28.1 Å². The molecule has 2 aromatic carbocycles. The topological polar surface area (TPSA) is 0 Å². The van der Waals surface area contributed by atoms with Crippen molar-refractivity contribution in [2.24, 2.45) is 0 Å². The van der Waals surface area contributed by atoms with Crippen LogP contribution >= 0.6 is 50.3 Å². The molecule has 0 amide bonds. The van der Waals surface area contributed by atoms with Crippen LogP contribution in [0.5, 0.6) is 0 Å². The fourth-order valence-corrected chi connectivity index (χ4v) is 2.94. The average molecular weight is 419 g/mol. The SMILES string of the molecule is Cc1cc(CSc2ccc(Br)cc2)ccc1I. The minimum absolute atomic E-state index is 1.03. The minimum Gasteiger partial charge on any atom is -0.121 e. The Hall–Kier alpha value is -0.000000000000000111. The first-order valence-corrected chi connectivity index (χ1v) is 8.14. The van der Waals surface area contributed by atoms with Crippen LogP contribution in [0.2, 0.25) is 0 Å². The molecule has 17 heavy (non-hydrogen) atoms. The van der Waals surface area contributed by atoms with Gasteiger partial charge in [-0.05, 0) is 71.0 Å². The maximum absolute atomic E-state index is 3.45. The van der Waals surface area contributed by atoms with Crippen molar-refractivity contribution in [2.45, 2.75) is 17.6 Å². The lowest BCUT2D eigenvalue weighted by Crippen LogP contribution is -1.85. The quantitative estimate of drug-likeness (QED) is 0.458. The van der Waals surface area contributed by atoms with Gasteiger partial charge in [0.2, 0.25) is 0 Å². The molecule has 0 bridgehead atoms. The van der Waals surface area contributed by atoms with E-state index in [9.17, 15) is 0 Å². The highest BCUT2D eigenvalue weighted by Crippen LogP contribution is 2.25. The summed E-state index contributed by atoms with van der Waals surface area (Å²) in [5.41, 5.74) is 2.75. The second kappa shape index (κ2) is 6.25. The standard InChI is InChI=1S/C14H12BrIS/c1-10-8-11(2-7-14(10)16)9-17-13-5-3-12(15)4-6-13/h2-8H,9H2,1H3. The Morgan fingerprint density at radius 1 is 1.12 bits per heavy atom. The van der Waals surface area contributed by atoms with Crippen LogP contribution in [0.15, 0.2) is 51.8 Å². The number of benzene rings is 2. The minimum atomic E-state index is 1.03. The number of hydrogen-bond acceptors (Lipinski definition) is 1. The summed E-state index contributed by atoms with van der Waals surface area (Å²) in [6.45, 7) is 2.16. The van der Waals surface area contributed by atoms with E-state index in [2.05, 4.69) is 87.9 Å². The first-order valence-electron chi connectivity index (χ1n) is 5.28. The van der Waals surface area contributed by atoms with Crippen LogP contribution in [0, 0.1) is 10.5 Å². The van der Waals surface area contributed by atoms with Crippen LogP contribution in [0.3, 0.4) is 0 Å². The van der Waals surface area contributed by atoms with E-state index >= 15 is 0 Å². The second-order valence-electron chi connectivity index (χ2n) is 3.83. The Labute approximate surface area is 128 Å². The van der Waals surface area contributed by atoms with Crippen LogP contribution in [0.25, 0.3) is 0 Å². The normalized spacial score (nSPS) is 10.5. The Balaban J connectivity index is 2.02. The Morgan fingerprint density at radius 3 is 2.47 bits per heavy atom. The zero-order valence-corrected chi connectivity index (χ0v) is 14.0. The monoisotopic (exact) mass is 418 g/mol. The van der Waals surface area contributed by atoms with Crippen molar-refractivity contribution in [3.05, 3.63) is 61.6 Å². The molecule has 0 aliphatic rings. The smallest absolute Gasteiger partial charge is 0.0232 e. The molecule has 0 radical (unpaired) electrons. The molecular formula is C14H12BrIS. The lowest BCUT2D eigenvalue weighted by Gasteiger charge is -2.05. The van der Waals surface area contributed by atoms with E-state index in [1.165, 1.54) is 19.6 Å². The molecule has 0 spiro atoms. The molecule has 2 rings (SSSR count). The van der Waals surface area contributed by atoms with E-state index in [1.54, 1.807) is 0 Å². The molecule has 0 fully saturated rings. The molecule has 0 aliphatic heterocycles. The lowest BCUT2D eigenvalue weighted by atomic mass is 10.2. The van der Waals surface area contributed by atoms with Gasteiger partial charge in [-0.3, -0.25) is 0 Å². The summed E-state index contributed by atoms with van der Waals surface area (Å²) in [5, 5.41) is 0. The summed E-state index contributed by atoms with van der Waals surface area (Å²) >= 11 is 7.69. The van der Waals surface area contributed by atoms with Crippen molar-refractivity contribution in [3.63, 3.8) is 0 Å². The molecule has 0 atom stereocenters. The fourth-order valence-electron chi connectivity index (χ4n) is 1.49. The predicted molar refractivity (Wildman–Crippen MR) is 87.6 cm³/mol. The number of thioether (sulfide) groups is 1. The predicted octanol–water partition coefficient (Wildman–Crippen LogP) is 5.65. The van der Waals surface area contributed by atoms with Crippen LogP contribution in [0.1, 0.15) is 11.1 Å². The van der Waals surface area contributed by atoms with E-state index in [4.69, 9.17) is 0 Å². The Morgan fingerprint density at radius 2 is 1.82 bits per heavy atom. The van der Waals surface area contributed by atoms with Crippen molar-refractivity contribution in [3.8, 4) is 0 Å². The first kappa shape index (κ1) is 13.4. The van der Waals surface area contributed by atoms with Crippen molar-refractivity contribution in [1.29, 1.82) is 0 Å². The number of rotatable bonds is 3. The fraction of sp³-hybridized carbons (Fsp3) is 0.143. The van der Waals surface area contributed by atoms with Gasteiger partial charge in [0.15, 0.2) is 0 Å². The third-order valence-electron chi connectivity index (χ3n) is 2.44. The van der Waals surface area contributed by atoms with Gasteiger partial charge >= 0.3 is 0 Å². The zero-order chi connectivity index (χ0) is 12.3. The maximum atomic E-state index is 3.45. The van der Waals surface area contributed by atoms with E-state index in [1.807, 2.05) is 11.8 Å². The van der Waals surface area contributed by atoms with Crippen LogP contribution in [-0.2, 0) is 5.75 Å². The molecule has 88 valence electrons. The lowest BCUT2D eigenvalue weighted by molar-refractivity contribution is 1.32. The summed E-state index contributed by atoms with van der Waals surface area (Å²) < 4.78 is 2.46. The van der Waals surface area contributed by atoms with Crippen LogP contribution in [0.4, 0.5) is 0 Å². The number of aryl methyl sites for hydroxylation is 1. The third kappa shape index (κ3) is 4.00. The molecule has 0 heterocycles. The van der Waals surface area contributed by atoms with Crippen LogP contribution in [-0.4, -0.2) is 0 Å². The molecular weight excluding hydrogens is 407 g/mol. The van der Waals surface area contributed by atoms with E-state index in [0.29, 0.717) is 0 Å². The summed E-state index contributed by atoms with van der Waals surface area (Å²) in [7, 11) is 0. The van der Waals surface area contributed by atoms with Crippen molar-refractivity contribution >= 4 is 50.3 Å². The van der Waals surface area contributed by atoms with Crippen molar-refractivity contribution in [1.82, 2.24) is 0 Å². The third-order valence-corrected chi connectivity index (χ3v) is 5.26. The van der Waals surface area contributed by atoms with Crippen molar-refractivity contribution in [2.75, 3.05) is 0 Å². The van der Waals surface area contributed by atoms with E-state index in [-0.39, 0.29) is 0 Å². The highest BCUT2D eigenvalue weighted by atomic mass is 127. The molecule has 0 saturated carbocycles. The second-order valence-corrected chi connectivity index (χ2v) is 6.95. The molecule has 0 aromatic heterocycles. The van der Waals surface area contributed by atoms with Gasteiger partial charge in [-0.15, -0.1) is 11.8 Å². The van der Waals surface area contributed by atoms with Gasteiger partial charge in [0.25, 0.3) is 0 Å². The summed E-state index contributed by atoms with van der Waals surface area (Å²) in [5.74, 6) is 1.03. The van der Waals surface area contributed by atoms with Gasteiger partial charge in [-0.2, -0.15) is 0 Å². The Bertz CT molecular complexity index is 508. The molecule has 0 nitrogen and oxygen atoms in total. The van der Waals surface area contributed by atoms with Crippen molar-refractivity contribution < 1.29 is 0 Å². The van der Waals surface area contributed by atoms with Gasteiger partial charge in [0, 0.05) is 18.7 Å². The number of halogens is 2. The largest absolute Gasteiger partial charge is 0.121 e. The number of hydrogen-bond donors (Lipinski definition) is 0. The summed E-state index contributed by atoms with van der Waals surface area (Å²) in [4.78, 5) is 1.31. The van der Waals surface area contributed by atoms with E-state index in [0.717, 1.165) is 10.2 Å². The van der Waals surface area contributed by atoms with Gasteiger partial charge < -0.3 is 0 Å². The van der Waals surface area contributed by atoms with Crippen LogP contribution < -0.4 is 0 Å². The molecule has 0 aliphatic carbocycles. The highest BCUT2D eigenvalue weighted by Gasteiger charge is 1.99. The maximum Gasteiger partial charge on any atom is 0.0232 e. The Kier molecular flexibility index (Phi) is 4.94. The first-order chi connectivity index (χ1) is 8.15. The molecule has 0 unspecified atom stereocenters. The summed E-state index contributed by atoms with van der Waals surface area (Å²) in [6.07, 6.45) is 0. The molecule has 2 aromatic rings. The van der Waals surface area contributed by atoms with Gasteiger partial charge in [0.1, 0.15) is 0 Å². The highest BCUT2D eigenvalue weighted by molar-refractivity contribution is 14.1. The molecule has 0 N–H and O–H groups in total. The zero-order valence-electron chi connectivity index (χ0n) is 9.41. The average Bonchev–Trinajstić information content (AvgIpc) is 2.33. The van der Waals surface area contributed by atoms with Gasteiger partial charge in [-0.25, -0.2) is 0 Å². The molecule has 0 saturated heterocycles. The summed E-state index contributed by atoms with van der Waals surface area (Å²) in [6, 6.07) is 15.1. The van der Waals surface area contributed by atoms with E-state index < -0.39 is 0 Å².